The monoisotopic (exact) mass is 473 g/mol. The average Bonchev–Trinajstić information content (AvgIpc) is 2.73. The fraction of sp³-hybridized carbons (Fsp3) is 0.762. The van der Waals surface area contributed by atoms with Crippen molar-refractivity contribution in [1.29, 1.82) is 0 Å². The van der Waals surface area contributed by atoms with Gasteiger partial charge in [0.15, 0.2) is 0 Å². The van der Waals surface area contributed by atoms with Crippen molar-refractivity contribution in [1.82, 2.24) is 16.0 Å². The molecule has 0 saturated carbocycles. The molecule has 0 spiro atoms. The third kappa shape index (κ3) is 11.1. The number of unbranched alkanes of at least 4 members (excludes halogenated alkanes) is 1. The summed E-state index contributed by atoms with van der Waals surface area (Å²) in [5.41, 5.74) is 11.4. The van der Waals surface area contributed by atoms with Gasteiger partial charge in [-0.2, -0.15) is 0 Å². The molecule has 5 atom stereocenters. The summed E-state index contributed by atoms with van der Waals surface area (Å²) in [6.07, 6.45) is 1.06. The Kier molecular flexibility index (Phi) is 13.9. The van der Waals surface area contributed by atoms with Gasteiger partial charge in [0.05, 0.1) is 12.5 Å². The first-order valence-corrected chi connectivity index (χ1v) is 11.2. The number of carboxylic acids is 2. The van der Waals surface area contributed by atoms with Crippen LogP contribution in [0.3, 0.4) is 0 Å². The van der Waals surface area contributed by atoms with Crippen molar-refractivity contribution in [3.63, 3.8) is 0 Å². The lowest BCUT2D eigenvalue weighted by Crippen LogP contribution is -2.58. The van der Waals surface area contributed by atoms with Gasteiger partial charge in [-0.05, 0) is 37.6 Å². The Hall–Kier alpha value is -2.73. The van der Waals surface area contributed by atoms with Crippen LogP contribution in [-0.4, -0.2) is 70.6 Å². The van der Waals surface area contributed by atoms with E-state index in [2.05, 4.69) is 16.0 Å². The lowest BCUT2D eigenvalue weighted by molar-refractivity contribution is -0.144. The predicted molar refractivity (Wildman–Crippen MR) is 121 cm³/mol. The summed E-state index contributed by atoms with van der Waals surface area (Å²) >= 11 is 0. The summed E-state index contributed by atoms with van der Waals surface area (Å²) in [5.74, 6) is -5.45. The highest BCUT2D eigenvalue weighted by atomic mass is 16.4. The SMILES string of the molecule is CCC(C)C(N)C(=O)NC(CC(=O)O)C(=O)NC(CCCCN)C(=O)NC(C(=O)O)C(C)C. The number of hydrogen-bond donors (Lipinski definition) is 7. The van der Waals surface area contributed by atoms with Crippen molar-refractivity contribution in [2.45, 2.75) is 84.0 Å². The van der Waals surface area contributed by atoms with Crippen LogP contribution in [0.5, 0.6) is 0 Å². The minimum Gasteiger partial charge on any atom is -0.481 e. The molecule has 0 aliphatic carbocycles. The van der Waals surface area contributed by atoms with Crippen LogP contribution in [0.1, 0.15) is 59.8 Å². The highest BCUT2D eigenvalue weighted by Gasteiger charge is 2.32. The topological polar surface area (TPSA) is 214 Å². The smallest absolute Gasteiger partial charge is 0.326 e. The van der Waals surface area contributed by atoms with Crippen molar-refractivity contribution in [2.75, 3.05) is 6.54 Å². The van der Waals surface area contributed by atoms with Crippen molar-refractivity contribution < 1.29 is 34.2 Å². The van der Waals surface area contributed by atoms with Crippen molar-refractivity contribution in [2.24, 2.45) is 23.3 Å². The van der Waals surface area contributed by atoms with E-state index in [-0.39, 0.29) is 12.3 Å². The molecule has 0 aromatic carbocycles. The molecule has 0 rings (SSSR count). The maximum atomic E-state index is 12.8. The number of nitrogens with two attached hydrogens (primary N) is 2. The molecule has 0 fully saturated rings. The van der Waals surface area contributed by atoms with E-state index < -0.39 is 66.2 Å². The number of aliphatic carboxylic acids is 2. The van der Waals surface area contributed by atoms with Crippen LogP contribution in [0.25, 0.3) is 0 Å². The minimum atomic E-state index is -1.46. The van der Waals surface area contributed by atoms with E-state index in [0.717, 1.165) is 0 Å². The second-order valence-electron chi connectivity index (χ2n) is 8.48. The highest BCUT2D eigenvalue weighted by Crippen LogP contribution is 2.08. The summed E-state index contributed by atoms with van der Waals surface area (Å²) in [4.78, 5) is 60.7. The maximum absolute atomic E-state index is 12.8. The summed E-state index contributed by atoms with van der Waals surface area (Å²) in [6, 6.07) is -4.71. The summed E-state index contributed by atoms with van der Waals surface area (Å²) < 4.78 is 0. The van der Waals surface area contributed by atoms with Crippen LogP contribution in [-0.2, 0) is 24.0 Å². The molecule has 0 saturated heterocycles. The summed E-state index contributed by atoms with van der Waals surface area (Å²) in [7, 11) is 0. The second-order valence-corrected chi connectivity index (χ2v) is 8.48. The van der Waals surface area contributed by atoms with Crippen molar-refractivity contribution >= 4 is 29.7 Å². The molecule has 9 N–H and O–H groups in total. The van der Waals surface area contributed by atoms with Crippen LogP contribution in [0, 0.1) is 11.8 Å². The molecule has 0 aliphatic heterocycles. The lowest BCUT2D eigenvalue weighted by atomic mass is 9.98. The Morgan fingerprint density at radius 3 is 1.85 bits per heavy atom. The predicted octanol–water partition coefficient (Wildman–Crippen LogP) is -0.841. The maximum Gasteiger partial charge on any atom is 0.326 e. The molecule has 3 amide bonds. The molecule has 12 heteroatoms. The highest BCUT2D eigenvalue weighted by molar-refractivity contribution is 5.95. The summed E-state index contributed by atoms with van der Waals surface area (Å²) in [5, 5.41) is 25.7. The van der Waals surface area contributed by atoms with Gasteiger partial charge < -0.3 is 37.6 Å². The zero-order valence-corrected chi connectivity index (χ0v) is 19.8. The third-order valence-electron chi connectivity index (χ3n) is 5.38. The molecule has 0 aromatic heterocycles. The molecule has 0 radical (unpaired) electrons. The number of carboxylic acid groups (broad SMARTS) is 2. The molecule has 190 valence electrons. The van der Waals surface area contributed by atoms with Crippen molar-refractivity contribution in [3.05, 3.63) is 0 Å². The minimum absolute atomic E-state index is 0.152. The molecular weight excluding hydrogens is 434 g/mol. The van der Waals surface area contributed by atoms with E-state index in [1.165, 1.54) is 0 Å². The number of hydrogen-bond acceptors (Lipinski definition) is 7. The number of rotatable bonds is 16. The van der Waals surface area contributed by atoms with Gasteiger partial charge in [-0.3, -0.25) is 19.2 Å². The third-order valence-corrected chi connectivity index (χ3v) is 5.38. The Morgan fingerprint density at radius 1 is 0.848 bits per heavy atom. The van der Waals surface area contributed by atoms with Gasteiger partial charge in [0, 0.05) is 0 Å². The second kappa shape index (κ2) is 15.2. The van der Waals surface area contributed by atoms with Crippen molar-refractivity contribution in [3.8, 4) is 0 Å². The Labute approximate surface area is 194 Å². The standard InChI is InChI=1S/C21H39N5O7/c1-5-12(4)16(23)20(31)25-14(10-15(27)28)19(30)24-13(8-6-7-9-22)18(29)26-17(11(2)3)21(32)33/h11-14,16-17H,5-10,22-23H2,1-4H3,(H,24,30)(H,25,31)(H,26,29)(H,27,28)(H,32,33). The van der Waals surface area contributed by atoms with Gasteiger partial charge in [-0.1, -0.05) is 34.1 Å². The van der Waals surface area contributed by atoms with Gasteiger partial charge in [0.2, 0.25) is 17.7 Å². The zero-order chi connectivity index (χ0) is 25.7. The first-order valence-electron chi connectivity index (χ1n) is 11.2. The van der Waals surface area contributed by atoms with Gasteiger partial charge >= 0.3 is 11.9 Å². The molecule has 0 heterocycles. The van der Waals surface area contributed by atoms with Gasteiger partial charge in [-0.25, -0.2) is 4.79 Å². The van der Waals surface area contributed by atoms with Crippen LogP contribution in [0.4, 0.5) is 0 Å². The van der Waals surface area contributed by atoms with E-state index >= 15 is 0 Å². The average molecular weight is 474 g/mol. The quantitative estimate of drug-likeness (QED) is 0.139. The number of amides is 3. The van der Waals surface area contributed by atoms with Gasteiger partial charge in [0.1, 0.15) is 18.1 Å². The molecule has 12 nitrogen and oxygen atoms in total. The number of carbonyl (C=O) groups excluding carboxylic acids is 3. The van der Waals surface area contributed by atoms with Crippen LogP contribution in [0.2, 0.25) is 0 Å². The van der Waals surface area contributed by atoms with Crippen LogP contribution >= 0.6 is 0 Å². The van der Waals surface area contributed by atoms with E-state index in [9.17, 15) is 34.2 Å². The normalized spacial score (nSPS) is 15.6. The first kappa shape index (κ1) is 30.3. The molecular formula is C21H39N5O7. The Morgan fingerprint density at radius 2 is 1.39 bits per heavy atom. The van der Waals surface area contributed by atoms with Gasteiger partial charge in [0.25, 0.3) is 0 Å². The lowest BCUT2D eigenvalue weighted by Gasteiger charge is -2.26. The zero-order valence-electron chi connectivity index (χ0n) is 19.8. The van der Waals surface area contributed by atoms with E-state index in [0.29, 0.717) is 25.8 Å². The van der Waals surface area contributed by atoms with E-state index in [4.69, 9.17) is 11.5 Å². The molecule has 5 unspecified atom stereocenters. The Balaban J connectivity index is 5.56. The first-order chi connectivity index (χ1) is 15.3. The molecule has 0 aromatic rings. The van der Waals surface area contributed by atoms with E-state index in [1.807, 2.05) is 6.92 Å². The fourth-order valence-electron chi connectivity index (χ4n) is 2.97. The molecule has 33 heavy (non-hydrogen) atoms. The largest absolute Gasteiger partial charge is 0.481 e. The van der Waals surface area contributed by atoms with E-state index in [1.54, 1.807) is 20.8 Å². The molecule has 0 bridgehead atoms. The molecule has 0 aliphatic rings. The fourth-order valence-corrected chi connectivity index (χ4v) is 2.97. The van der Waals surface area contributed by atoms with Crippen LogP contribution < -0.4 is 27.4 Å². The Bertz CT molecular complexity index is 686. The van der Waals surface area contributed by atoms with Gasteiger partial charge in [-0.15, -0.1) is 0 Å². The number of nitrogens with one attached hydrogen (secondary N) is 3. The summed E-state index contributed by atoms with van der Waals surface area (Å²) in [6.45, 7) is 7.20. The number of carbonyl (C=O) groups is 5. The van der Waals surface area contributed by atoms with Crippen LogP contribution in [0.15, 0.2) is 0 Å².